The SMILES string of the molecule is C=CC(=O)OCCNCC.CNN.NN. The topological polar surface area (TPSA) is 128 Å². The van der Waals surface area contributed by atoms with Crippen LogP contribution in [0.1, 0.15) is 6.92 Å². The van der Waals surface area contributed by atoms with Gasteiger partial charge in [0.2, 0.25) is 0 Å². The molecule has 92 valence electrons. The van der Waals surface area contributed by atoms with E-state index in [1.807, 2.05) is 6.92 Å². The summed E-state index contributed by atoms with van der Waals surface area (Å²) in [7, 11) is 1.65. The summed E-state index contributed by atoms with van der Waals surface area (Å²) in [4.78, 5) is 10.4. The number of nitrogens with one attached hydrogen (secondary N) is 2. The van der Waals surface area contributed by atoms with Crippen molar-refractivity contribution in [3.05, 3.63) is 12.7 Å². The Morgan fingerprint density at radius 1 is 1.53 bits per heavy atom. The number of nitrogens with two attached hydrogens (primary N) is 3. The van der Waals surface area contributed by atoms with E-state index >= 15 is 0 Å². The zero-order valence-corrected chi connectivity index (χ0v) is 9.45. The lowest BCUT2D eigenvalue weighted by molar-refractivity contribution is -0.137. The van der Waals surface area contributed by atoms with Crippen molar-refractivity contribution in [3.8, 4) is 0 Å². The number of hydrogen-bond acceptors (Lipinski definition) is 7. The van der Waals surface area contributed by atoms with Crippen LogP contribution in [0.5, 0.6) is 0 Å². The molecule has 0 atom stereocenters. The maximum absolute atomic E-state index is 10.4. The zero-order valence-electron chi connectivity index (χ0n) is 9.45. The lowest BCUT2D eigenvalue weighted by Crippen LogP contribution is -2.20. The van der Waals surface area contributed by atoms with Crippen molar-refractivity contribution in [2.24, 2.45) is 17.5 Å². The molecule has 0 aliphatic heterocycles. The molecule has 15 heavy (non-hydrogen) atoms. The Balaban J connectivity index is -0.000000245. The van der Waals surface area contributed by atoms with Crippen molar-refractivity contribution in [3.63, 3.8) is 0 Å². The first-order chi connectivity index (χ1) is 7.22. The molecular formula is C8H23N5O2. The molecule has 0 spiro atoms. The third-order valence-electron chi connectivity index (χ3n) is 0.940. The number of esters is 1. The largest absolute Gasteiger partial charge is 0.461 e. The number of carbonyl (C=O) groups excluding carboxylic acids is 1. The number of carbonyl (C=O) groups is 1. The molecule has 0 unspecified atom stereocenters. The van der Waals surface area contributed by atoms with E-state index in [2.05, 4.69) is 39.6 Å². The second kappa shape index (κ2) is 23.1. The first-order valence-corrected chi connectivity index (χ1v) is 4.43. The third kappa shape index (κ3) is 32.1. The maximum Gasteiger partial charge on any atom is 0.330 e. The van der Waals surface area contributed by atoms with Gasteiger partial charge in [-0.25, -0.2) is 4.79 Å². The molecule has 0 aromatic carbocycles. The molecule has 0 saturated carbocycles. The zero-order chi connectivity index (χ0) is 12.5. The molecule has 0 aromatic rings. The van der Waals surface area contributed by atoms with Gasteiger partial charge in [-0.3, -0.25) is 23.0 Å². The second-order valence-electron chi connectivity index (χ2n) is 2.01. The van der Waals surface area contributed by atoms with Gasteiger partial charge in [0.1, 0.15) is 6.61 Å². The molecule has 0 heterocycles. The highest BCUT2D eigenvalue weighted by Crippen LogP contribution is 1.76. The summed E-state index contributed by atoms with van der Waals surface area (Å²) in [6.07, 6.45) is 1.16. The Bertz CT molecular complexity index is 132. The van der Waals surface area contributed by atoms with Crippen molar-refractivity contribution < 1.29 is 9.53 Å². The van der Waals surface area contributed by atoms with Gasteiger partial charge in [0.25, 0.3) is 0 Å². The van der Waals surface area contributed by atoms with Crippen molar-refractivity contribution in [2.75, 3.05) is 26.7 Å². The highest BCUT2D eigenvalue weighted by Gasteiger charge is 1.91. The summed E-state index contributed by atoms with van der Waals surface area (Å²) < 4.78 is 4.67. The van der Waals surface area contributed by atoms with Crippen LogP contribution >= 0.6 is 0 Å². The Morgan fingerprint density at radius 2 is 2.00 bits per heavy atom. The summed E-state index contributed by atoms with van der Waals surface area (Å²) >= 11 is 0. The number of likely N-dealkylation sites (N-methyl/N-ethyl adjacent to an activating group) is 1. The van der Waals surface area contributed by atoms with Crippen molar-refractivity contribution in [1.82, 2.24) is 10.7 Å². The molecule has 7 nitrogen and oxygen atoms in total. The van der Waals surface area contributed by atoms with Crippen LogP contribution in [0.2, 0.25) is 0 Å². The minimum Gasteiger partial charge on any atom is -0.461 e. The van der Waals surface area contributed by atoms with Crippen LogP contribution in [0.4, 0.5) is 0 Å². The molecule has 0 aliphatic rings. The highest BCUT2D eigenvalue weighted by molar-refractivity contribution is 5.81. The monoisotopic (exact) mass is 221 g/mol. The second-order valence-corrected chi connectivity index (χ2v) is 2.01. The molecular weight excluding hydrogens is 198 g/mol. The first kappa shape index (κ1) is 19.6. The molecule has 0 radical (unpaired) electrons. The summed E-state index contributed by atoms with van der Waals surface area (Å²) in [6, 6.07) is 0. The van der Waals surface area contributed by atoms with Crippen LogP contribution in [0.15, 0.2) is 12.7 Å². The third-order valence-corrected chi connectivity index (χ3v) is 0.940. The van der Waals surface area contributed by atoms with E-state index in [4.69, 9.17) is 0 Å². The average Bonchev–Trinajstić information content (AvgIpc) is 2.28. The molecule has 7 heteroatoms. The quantitative estimate of drug-likeness (QED) is 0.122. The highest BCUT2D eigenvalue weighted by atomic mass is 16.5. The van der Waals surface area contributed by atoms with E-state index < -0.39 is 0 Å². The fourth-order valence-corrected chi connectivity index (χ4v) is 0.459. The molecule has 0 aliphatic carbocycles. The first-order valence-electron chi connectivity index (χ1n) is 4.43. The standard InChI is InChI=1S/C7H13NO2.CH6N2.H4N2/c1-3-7(9)10-6-5-8-4-2;1-3-2;1-2/h3,8H,1,4-6H2,2H3;3H,2H2,1H3;1-2H2. The number of ether oxygens (including phenoxy) is 1. The van der Waals surface area contributed by atoms with Gasteiger partial charge in [-0.15, -0.1) is 0 Å². The van der Waals surface area contributed by atoms with E-state index in [1.54, 1.807) is 7.05 Å². The Morgan fingerprint density at radius 3 is 2.33 bits per heavy atom. The summed E-state index contributed by atoms with van der Waals surface area (Å²) in [5.41, 5.74) is 2.25. The van der Waals surface area contributed by atoms with E-state index in [1.165, 1.54) is 0 Å². The van der Waals surface area contributed by atoms with Crippen LogP contribution < -0.4 is 28.3 Å². The van der Waals surface area contributed by atoms with E-state index in [0.29, 0.717) is 13.2 Å². The summed E-state index contributed by atoms with van der Waals surface area (Å²) in [5.74, 6) is 12.2. The summed E-state index contributed by atoms with van der Waals surface area (Å²) in [6.45, 7) is 7.27. The van der Waals surface area contributed by atoms with E-state index in [9.17, 15) is 4.79 Å². The predicted molar refractivity (Wildman–Crippen MR) is 61.3 cm³/mol. The van der Waals surface area contributed by atoms with Gasteiger partial charge in [-0.1, -0.05) is 13.5 Å². The van der Waals surface area contributed by atoms with Gasteiger partial charge >= 0.3 is 5.97 Å². The molecule has 0 aromatic heterocycles. The summed E-state index contributed by atoms with van der Waals surface area (Å²) in [5, 5.41) is 3.02. The molecule has 0 bridgehead atoms. The van der Waals surface area contributed by atoms with Crippen molar-refractivity contribution >= 4 is 5.97 Å². The van der Waals surface area contributed by atoms with Gasteiger partial charge in [-0.2, -0.15) is 0 Å². The van der Waals surface area contributed by atoms with E-state index in [0.717, 1.165) is 12.6 Å². The maximum atomic E-state index is 10.4. The number of hydrogen-bond donors (Lipinski definition) is 5. The van der Waals surface area contributed by atoms with Crippen LogP contribution in [-0.4, -0.2) is 32.7 Å². The molecule has 8 N–H and O–H groups in total. The van der Waals surface area contributed by atoms with Crippen LogP contribution in [0.25, 0.3) is 0 Å². The van der Waals surface area contributed by atoms with Crippen molar-refractivity contribution in [1.29, 1.82) is 0 Å². The van der Waals surface area contributed by atoms with E-state index in [-0.39, 0.29) is 5.97 Å². The van der Waals surface area contributed by atoms with Gasteiger partial charge in [0, 0.05) is 12.6 Å². The normalized spacial score (nSPS) is 7.53. The molecule has 0 rings (SSSR count). The van der Waals surface area contributed by atoms with Gasteiger partial charge in [-0.05, 0) is 13.6 Å². The predicted octanol–water partition coefficient (Wildman–Crippen LogP) is -1.78. The fraction of sp³-hybridized carbons (Fsp3) is 0.625. The average molecular weight is 221 g/mol. The molecule has 0 fully saturated rings. The molecule has 0 saturated heterocycles. The lowest BCUT2D eigenvalue weighted by atomic mass is 10.6. The Hall–Kier alpha value is -0.990. The van der Waals surface area contributed by atoms with Crippen molar-refractivity contribution in [2.45, 2.75) is 6.92 Å². The van der Waals surface area contributed by atoms with Crippen LogP contribution in [0, 0.1) is 0 Å². The molecule has 0 amide bonds. The number of rotatable bonds is 5. The van der Waals surface area contributed by atoms with Crippen LogP contribution in [0.3, 0.4) is 0 Å². The Kier molecular flexibility index (Phi) is 30.1. The van der Waals surface area contributed by atoms with Gasteiger partial charge in [0.05, 0.1) is 0 Å². The van der Waals surface area contributed by atoms with Crippen LogP contribution in [-0.2, 0) is 9.53 Å². The Labute approximate surface area is 91.0 Å². The van der Waals surface area contributed by atoms with Gasteiger partial charge in [0.15, 0.2) is 0 Å². The number of hydrazine groups is 2. The smallest absolute Gasteiger partial charge is 0.330 e. The fourth-order valence-electron chi connectivity index (χ4n) is 0.459. The van der Waals surface area contributed by atoms with Gasteiger partial charge < -0.3 is 10.1 Å². The minimum absolute atomic E-state index is 0.363. The minimum atomic E-state index is -0.363. The lowest BCUT2D eigenvalue weighted by Gasteiger charge is -2.00.